The molecule has 292 valence electrons. The van der Waals surface area contributed by atoms with E-state index in [0.717, 1.165) is 36.0 Å². The van der Waals surface area contributed by atoms with Crippen LogP contribution in [0.5, 0.6) is 0 Å². The van der Waals surface area contributed by atoms with Gasteiger partial charge in [-0.25, -0.2) is 0 Å². The molecule has 0 radical (unpaired) electrons. The molecule has 0 aromatic carbocycles. The predicted octanol–water partition coefficient (Wildman–Crippen LogP) is 8.88. The molecule has 0 aliphatic carbocycles. The van der Waals surface area contributed by atoms with Crippen LogP contribution in [0, 0.1) is 0 Å². The van der Waals surface area contributed by atoms with Gasteiger partial charge in [0.05, 0.1) is 26.1 Å². The van der Waals surface area contributed by atoms with Crippen LogP contribution in [0.2, 0.25) is 0 Å². The Bertz CT molecular complexity index is 662. The third kappa shape index (κ3) is 37.7. The summed E-state index contributed by atoms with van der Waals surface area (Å²) in [7, 11) is 7.30. The van der Waals surface area contributed by atoms with E-state index >= 15 is 0 Å². The number of nitrogens with zero attached hydrogens (tertiary/aromatic N) is 2. The normalized spacial score (nSPS) is 11.6. The van der Waals surface area contributed by atoms with E-state index in [-0.39, 0.29) is 38.0 Å². The molecule has 0 fully saturated rings. The number of carbonyl (C=O) groups excluding carboxylic acids is 2. The Labute approximate surface area is 317 Å². The molecule has 0 aliphatic heterocycles. The number of aliphatic hydroxyl groups is 2. The zero-order valence-corrected chi connectivity index (χ0v) is 34.7. The van der Waals surface area contributed by atoms with E-state index in [1.54, 1.807) is 21.6 Å². The standard InChI is InChI=1S/C37H74N2O6S4/c1-3-5-7-9-11-13-15-17-32-46-48-34-30-44-36(42)20-24-38(22-19-23-39(26-28-40)27-29-41)25-21-37(43)45-31-35-49-47-33-18-16-14-12-10-8-6-4-2/h40-41H,3-35H2,1-2H3. The third-order valence-corrected chi connectivity index (χ3v) is 13.1. The fourth-order valence-corrected chi connectivity index (χ4v) is 9.27. The van der Waals surface area contributed by atoms with Crippen molar-refractivity contribution in [1.29, 1.82) is 0 Å². The molecule has 49 heavy (non-hydrogen) atoms. The Balaban J connectivity index is 4.18. The van der Waals surface area contributed by atoms with Crippen LogP contribution >= 0.6 is 43.2 Å². The molecule has 0 saturated carbocycles. The summed E-state index contributed by atoms with van der Waals surface area (Å²) in [4.78, 5) is 29.1. The summed E-state index contributed by atoms with van der Waals surface area (Å²) in [6.07, 6.45) is 22.7. The van der Waals surface area contributed by atoms with Gasteiger partial charge in [0.1, 0.15) is 13.2 Å². The molecular weight excluding hydrogens is 697 g/mol. The second-order valence-electron chi connectivity index (χ2n) is 12.7. The first-order chi connectivity index (χ1) is 24.1. The van der Waals surface area contributed by atoms with Crippen molar-refractivity contribution in [3.63, 3.8) is 0 Å². The van der Waals surface area contributed by atoms with Gasteiger partial charge in [-0.1, -0.05) is 147 Å². The maximum Gasteiger partial charge on any atom is 0.307 e. The van der Waals surface area contributed by atoms with E-state index in [1.807, 2.05) is 26.5 Å². The lowest BCUT2D eigenvalue weighted by Crippen LogP contribution is -2.35. The van der Waals surface area contributed by atoms with Gasteiger partial charge in [0.2, 0.25) is 0 Å². The molecule has 0 spiro atoms. The monoisotopic (exact) mass is 770 g/mol. The molecule has 0 atom stereocenters. The first-order valence-corrected chi connectivity index (χ1v) is 24.5. The summed E-state index contributed by atoms with van der Waals surface area (Å²) in [5.74, 6) is 3.48. The van der Waals surface area contributed by atoms with Crippen molar-refractivity contribution in [1.82, 2.24) is 9.80 Å². The van der Waals surface area contributed by atoms with Crippen molar-refractivity contribution in [2.45, 2.75) is 136 Å². The van der Waals surface area contributed by atoms with Gasteiger partial charge < -0.3 is 24.6 Å². The van der Waals surface area contributed by atoms with Crippen LogP contribution in [0.25, 0.3) is 0 Å². The molecule has 0 aromatic heterocycles. The average Bonchev–Trinajstić information content (AvgIpc) is 3.10. The number of hydrogen-bond acceptors (Lipinski definition) is 12. The van der Waals surface area contributed by atoms with E-state index in [1.165, 1.54) is 103 Å². The lowest BCUT2D eigenvalue weighted by molar-refractivity contribution is -0.143. The van der Waals surface area contributed by atoms with Crippen molar-refractivity contribution in [2.24, 2.45) is 0 Å². The number of esters is 2. The maximum absolute atomic E-state index is 12.5. The fourth-order valence-electron chi connectivity index (χ4n) is 5.32. The van der Waals surface area contributed by atoms with Crippen molar-refractivity contribution in [3.05, 3.63) is 0 Å². The van der Waals surface area contributed by atoms with Crippen LogP contribution in [0.4, 0.5) is 0 Å². The first-order valence-electron chi connectivity index (χ1n) is 19.5. The Morgan fingerprint density at radius 1 is 0.449 bits per heavy atom. The molecule has 0 bridgehead atoms. The van der Waals surface area contributed by atoms with E-state index < -0.39 is 0 Å². The summed E-state index contributed by atoms with van der Waals surface area (Å²) in [6, 6.07) is 0. The largest absolute Gasteiger partial charge is 0.465 e. The second-order valence-corrected chi connectivity index (χ2v) is 18.1. The molecular formula is C37H74N2O6S4. The van der Waals surface area contributed by atoms with Crippen LogP contribution in [0.15, 0.2) is 0 Å². The number of hydrogen-bond donors (Lipinski definition) is 2. The molecule has 8 nitrogen and oxygen atoms in total. The minimum atomic E-state index is -0.204. The summed E-state index contributed by atoms with van der Waals surface area (Å²) in [6.45, 7) is 8.99. The topological polar surface area (TPSA) is 99.5 Å². The minimum Gasteiger partial charge on any atom is -0.465 e. The number of carbonyl (C=O) groups is 2. The van der Waals surface area contributed by atoms with E-state index in [0.29, 0.717) is 45.9 Å². The van der Waals surface area contributed by atoms with Gasteiger partial charge in [-0.15, -0.1) is 0 Å². The highest BCUT2D eigenvalue weighted by atomic mass is 33.1. The number of rotatable bonds is 40. The fraction of sp³-hybridized carbons (Fsp3) is 0.946. The van der Waals surface area contributed by atoms with Crippen LogP contribution < -0.4 is 0 Å². The van der Waals surface area contributed by atoms with Gasteiger partial charge in [0, 0.05) is 49.2 Å². The van der Waals surface area contributed by atoms with Gasteiger partial charge in [-0.3, -0.25) is 14.5 Å². The molecule has 0 saturated heterocycles. The van der Waals surface area contributed by atoms with Crippen LogP contribution in [0.1, 0.15) is 136 Å². The average molecular weight is 771 g/mol. The maximum atomic E-state index is 12.5. The molecule has 0 heterocycles. The quantitative estimate of drug-likeness (QED) is 0.0354. The third-order valence-electron chi connectivity index (χ3n) is 8.23. The first kappa shape index (κ1) is 49.2. The Kier molecular flexibility index (Phi) is 41.1. The molecule has 0 aromatic rings. The molecule has 0 aliphatic rings. The Hall–Kier alpha value is 0.180. The van der Waals surface area contributed by atoms with Gasteiger partial charge in [0.25, 0.3) is 0 Å². The van der Waals surface area contributed by atoms with Crippen molar-refractivity contribution < 1.29 is 29.3 Å². The van der Waals surface area contributed by atoms with Crippen LogP contribution in [0.3, 0.4) is 0 Å². The number of aliphatic hydroxyl groups excluding tert-OH is 2. The van der Waals surface area contributed by atoms with Crippen molar-refractivity contribution >= 4 is 55.1 Å². The second kappa shape index (κ2) is 40.9. The van der Waals surface area contributed by atoms with Gasteiger partial charge in [-0.05, 0) is 32.4 Å². The van der Waals surface area contributed by atoms with Crippen molar-refractivity contribution in [3.8, 4) is 0 Å². The zero-order chi connectivity index (χ0) is 35.9. The van der Waals surface area contributed by atoms with Gasteiger partial charge in [-0.2, -0.15) is 0 Å². The van der Waals surface area contributed by atoms with E-state index in [2.05, 4.69) is 18.7 Å². The SMILES string of the molecule is CCCCCCCCCCSSCCOC(=O)CCN(CCCN(CCO)CCO)CCC(=O)OCCSSCCCCCCCCCC. The van der Waals surface area contributed by atoms with E-state index in [9.17, 15) is 19.8 Å². The highest BCUT2D eigenvalue weighted by Crippen LogP contribution is 2.24. The van der Waals surface area contributed by atoms with E-state index in [4.69, 9.17) is 9.47 Å². The lowest BCUT2D eigenvalue weighted by Gasteiger charge is -2.24. The zero-order valence-electron chi connectivity index (χ0n) is 31.4. The predicted molar refractivity (Wildman–Crippen MR) is 218 cm³/mol. The smallest absolute Gasteiger partial charge is 0.307 e. The molecule has 12 heteroatoms. The molecule has 0 rings (SSSR count). The van der Waals surface area contributed by atoms with Crippen LogP contribution in [-0.2, 0) is 19.1 Å². The van der Waals surface area contributed by atoms with Crippen LogP contribution in [-0.4, -0.2) is 121 Å². The van der Waals surface area contributed by atoms with Crippen molar-refractivity contribution in [2.75, 3.05) is 88.7 Å². The molecule has 2 N–H and O–H groups in total. The molecule has 0 amide bonds. The number of unbranched alkanes of at least 4 members (excludes halogenated alkanes) is 14. The summed E-state index contributed by atoms with van der Waals surface area (Å²) >= 11 is 0. The Morgan fingerprint density at radius 2 is 0.796 bits per heavy atom. The van der Waals surface area contributed by atoms with Gasteiger partial charge >= 0.3 is 11.9 Å². The summed E-state index contributed by atoms with van der Waals surface area (Å²) in [5.41, 5.74) is 0. The summed E-state index contributed by atoms with van der Waals surface area (Å²) < 4.78 is 11.0. The van der Waals surface area contributed by atoms with Gasteiger partial charge in [0.15, 0.2) is 0 Å². The highest BCUT2D eigenvalue weighted by Gasteiger charge is 2.13. The lowest BCUT2D eigenvalue weighted by atomic mass is 10.1. The molecule has 0 unspecified atom stereocenters. The highest BCUT2D eigenvalue weighted by molar-refractivity contribution is 8.77. The Morgan fingerprint density at radius 3 is 1.18 bits per heavy atom. The minimum absolute atomic E-state index is 0.0490. The summed E-state index contributed by atoms with van der Waals surface area (Å²) in [5, 5.41) is 18.6. The number of ether oxygens (including phenoxy) is 2.